The zero-order valence-corrected chi connectivity index (χ0v) is 8.96. The van der Waals surface area contributed by atoms with E-state index in [9.17, 15) is 4.39 Å². The van der Waals surface area contributed by atoms with Crippen LogP contribution in [0.25, 0.3) is 0 Å². The van der Waals surface area contributed by atoms with Crippen molar-refractivity contribution in [2.24, 2.45) is 5.73 Å². The first-order valence-corrected chi connectivity index (χ1v) is 4.45. The lowest BCUT2D eigenvalue weighted by molar-refractivity contribution is 0.287. The van der Waals surface area contributed by atoms with E-state index in [1.54, 1.807) is 6.07 Å². The molecular formula is C9H11Cl2FN2. The van der Waals surface area contributed by atoms with Gasteiger partial charge in [0.25, 0.3) is 0 Å². The molecule has 0 aromatic heterocycles. The first-order chi connectivity index (χ1) is 6.12. The normalized spacial score (nSPS) is 18.2. The lowest BCUT2D eigenvalue weighted by atomic mass is 9.85. The average molecular weight is 237 g/mol. The number of halogens is 3. The number of nitrogens with one attached hydrogen (secondary N) is 1. The van der Waals surface area contributed by atoms with Crippen molar-refractivity contribution >= 4 is 24.0 Å². The van der Waals surface area contributed by atoms with Gasteiger partial charge in [0.2, 0.25) is 0 Å². The van der Waals surface area contributed by atoms with E-state index in [2.05, 4.69) is 5.32 Å². The molecule has 3 N–H and O–H groups in total. The summed E-state index contributed by atoms with van der Waals surface area (Å²) >= 11 is 5.88. The Morgan fingerprint density at radius 1 is 1.43 bits per heavy atom. The summed E-state index contributed by atoms with van der Waals surface area (Å²) in [5.74, 6) is -0.329. The predicted octanol–water partition coefficient (Wildman–Crippen LogP) is 1.66. The molecule has 1 fully saturated rings. The molecule has 78 valence electrons. The fourth-order valence-electron chi connectivity index (χ4n) is 1.48. The van der Waals surface area contributed by atoms with E-state index in [-0.39, 0.29) is 18.2 Å². The summed E-state index contributed by atoms with van der Waals surface area (Å²) in [6, 6.07) is 4.33. The Bertz CT molecular complexity index is 340. The van der Waals surface area contributed by atoms with Gasteiger partial charge in [0.15, 0.2) is 0 Å². The zero-order valence-electron chi connectivity index (χ0n) is 7.39. The molecule has 0 unspecified atom stereocenters. The summed E-state index contributed by atoms with van der Waals surface area (Å²) in [5.41, 5.74) is 6.41. The van der Waals surface area contributed by atoms with E-state index in [4.69, 9.17) is 17.3 Å². The van der Waals surface area contributed by atoms with Gasteiger partial charge in [-0.15, -0.1) is 12.4 Å². The van der Waals surface area contributed by atoms with Gasteiger partial charge in [0.1, 0.15) is 5.82 Å². The van der Waals surface area contributed by atoms with E-state index in [0.717, 1.165) is 5.56 Å². The van der Waals surface area contributed by atoms with Gasteiger partial charge < -0.3 is 11.1 Å². The van der Waals surface area contributed by atoms with Gasteiger partial charge in [0, 0.05) is 18.1 Å². The van der Waals surface area contributed by atoms with Crippen molar-refractivity contribution in [1.82, 2.24) is 5.32 Å². The summed E-state index contributed by atoms with van der Waals surface area (Å²) in [7, 11) is 0. The molecule has 1 heterocycles. The molecule has 2 rings (SSSR count). The minimum Gasteiger partial charge on any atom is -0.319 e. The summed E-state index contributed by atoms with van der Waals surface area (Å²) < 4.78 is 12.7. The van der Waals surface area contributed by atoms with E-state index < -0.39 is 5.54 Å². The topological polar surface area (TPSA) is 38.0 Å². The molecule has 14 heavy (non-hydrogen) atoms. The number of rotatable bonds is 1. The first kappa shape index (κ1) is 11.7. The molecule has 5 heteroatoms. The summed E-state index contributed by atoms with van der Waals surface area (Å²) in [6.45, 7) is 1.39. The second kappa shape index (κ2) is 4.03. The lowest BCUT2D eigenvalue weighted by Crippen LogP contribution is -2.62. The van der Waals surface area contributed by atoms with Gasteiger partial charge in [-0.1, -0.05) is 17.7 Å². The molecule has 0 aliphatic carbocycles. The molecule has 1 saturated heterocycles. The molecule has 1 aliphatic heterocycles. The molecule has 1 aromatic rings. The van der Waals surface area contributed by atoms with Crippen LogP contribution in [0.3, 0.4) is 0 Å². The third kappa shape index (κ3) is 1.86. The van der Waals surface area contributed by atoms with Crippen molar-refractivity contribution < 1.29 is 4.39 Å². The van der Waals surface area contributed by atoms with Gasteiger partial charge in [-0.3, -0.25) is 0 Å². The third-order valence-electron chi connectivity index (χ3n) is 2.35. The quantitative estimate of drug-likeness (QED) is 0.779. The number of hydrogen-bond acceptors (Lipinski definition) is 2. The minimum atomic E-state index is -0.412. The van der Waals surface area contributed by atoms with Gasteiger partial charge in [-0.25, -0.2) is 4.39 Å². The van der Waals surface area contributed by atoms with Crippen molar-refractivity contribution in [3.05, 3.63) is 34.6 Å². The average Bonchev–Trinajstić information content (AvgIpc) is 2.00. The lowest BCUT2D eigenvalue weighted by Gasteiger charge is -2.40. The third-order valence-corrected chi connectivity index (χ3v) is 2.66. The van der Waals surface area contributed by atoms with Crippen LogP contribution in [0, 0.1) is 5.82 Å². The highest BCUT2D eigenvalue weighted by Gasteiger charge is 2.35. The zero-order chi connectivity index (χ0) is 9.47. The van der Waals surface area contributed by atoms with Crippen LogP contribution in [0.2, 0.25) is 5.02 Å². The Kier molecular flexibility index (Phi) is 3.37. The van der Waals surface area contributed by atoms with Crippen molar-refractivity contribution in [3.8, 4) is 0 Å². The highest BCUT2D eigenvalue weighted by molar-refractivity contribution is 6.31. The molecule has 1 aromatic carbocycles. The van der Waals surface area contributed by atoms with Gasteiger partial charge in [0.05, 0.1) is 5.54 Å². The Labute approximate surface area is 93.0 Å². The van der Waals surface area contributed by atoms with Crippen LogP contribution in [0.4, 0.5) is 4.39 Å². The molecule has 2 nitrogen and oxygen atoms in total. The van der Waals surface area contributed by atoms with E-state index in [1.165, 1.54) is 12.1 Å². The minimum absolute atomic E-state index is 0. The second-order valence-electron chi connectivity index (χ2n) is 3.38. The Balaban J connectivity index is 0.000000980. The van der Waals surface area contributed by atoms with Crippen LogP contribution in [0.15, 0.2) is 18.2 Å². The number of nitrogens with two attached hydrogens (primary N) is 1. The molecule has 1 aliphatic rings. The first-order valence-electron chi connectivity index (χ1n) is 4.07. The largest absolute Gasteiger partial charge is 0.319 e. The maximum atomic E-state index is 12.7. The monoisotopic (exact) mass is 236 g/mol. The van der Waals surface area contributed by atoms with Gasteiger partial charge in [-0.2, -0.15) is 0 Å². The Hall–Kier alpha value is -0.350. The fourth-order valence-corrected chi connectivity index (χ4v) is 1.83. The summed E-state index contributed by atoms with van der Waals surface area (Å²) in [4.78, 5) is 0. The Morgan fingerprint density at radius 3 is 2.50 bits per heavy atom. The van der Waals surface area contributed by atoms with E-state index in [1.807, 2.05) is 0 Å². The van der Waals surface area contributed by atoms with Crippen LogP contribution in [-0.4, -0.2) is 13.1 Å². The number of hydrogen-bond donors (Lipinski definition) is 2. The second-order valence-corrected chi connectivity index (χ2v) is 3.79. The van der Waals surface area contributed by atoms with Crippen molar-refractivity contribution in [3.63, 3.8) is 0 Å². The standard InChI is InChI=1S/C9H10ClFN2.ClH/c10-8-3-6(11)1-2-7(8)9(12)4-13-5-9;/h1-3,13H,4-5,12H2;1H. The molecule has 0 saturated carbocycles. The van der Waals surface area contributed by atoms with E-state index >= 15 is 0 Å². The van der Waals surface area contributed by atoms with Crippen LogP contribution in [0.1, 0.15) is 5.56 Å². The molecule has 0 atom stereocenters. The van der Waals surface area contributed by atoms with Gasteiger partial charge in [-0.05, 0) is 17.7 Å². The molecular weight excluding hydrogens is 226 g/mol. The molecule has 0 radical (unpaired) electrons. The smallest absolute Gasteiger partial charge is 0.124 e. The van der Waals surface area contributed by atoms with Crippen LogP contribution in [-0.2, 0) is 5.54 Å². The van der Waals surface area contributed by atoms with Gasteiger partial charge >= 0.3 is 0 Å². The highest BCUT2D eigenvalue weighted by Crippen LogP contribution is 2.29. The van der Waals surface area contributed by atoms with Crippen molar-refractivity contribution in [1.29, 1.82) is 0 Å². The summed E-state index contributed by atoms with van der Waals surface area (Å²) in [6.07, 6.45) is 0. The molecule has 0 spiro atoms. The van der Waals surface area contributed by atoms with Crippen LogP contribution >= 0.6 is 24.0 Å². The molecule has 0 bridgehead atoms. The molecule has 0 amide bonds. The fraction of sp³-hybridized carbons (Fsp3) is 0.333. The van der Waals surface area contributed by atoms with Crippen LogP contribution < -0.4 is 11.1 Å². The number of benzene rings is 1. The highest BCUT2D eigenvalue weighted by atomic mass is 35.5. The van der Waals surface area contributed by atoms with Crippen molar-refractivity contribution in [2.75, 3.05) is 13.1 Å². The SMILES string of the molecule is Cl.NC1(c2ccc(F)cc2Cl)CNC1. The van der Waals surface area contributed by atoms with E-state index in [0.29, 0.717) is 18.1 Å². The Morgan fingerprint density at radius 2 is 2.07 bits per heavy atom. The van der Waals surface area contributed by atoms with Crippen LogP contribution in [0.5, 0.6) is 0 Å². The predicted molar refractivity (Wildman–Crippen MR) is 57.4 cm³/mol. The van der Waals surface area contributed by atoms with Crippen molar-refractivity contribution in [2.45, 2.75) is 5.54 Å². The summed E-state index contributed by atoms with van der Waals surface area (Å²) in [5, 5.41) is 3.47. The maximum Gasteiger partial charge on any atom is 0.124 e. The maximum absolute atomic E-state index is 12.7.